The van der Waals surface area contributed by atoms with Gasteiger partial charge in [0.25, 0.3) is 5.91 Å². The van der Waals surface area contributed by atoms with Gasteiger partial charge in [-0.05, 0) is 55.5 Å². The van der Waals surface area contributed by atoms with Crippen LogP contribution in [0.1, 0.15) is 29.0 Å². The van der Waals surface area contributed by atoms with Crippen molar-refractivity contribution in [1.29, 1.82) is 0 Å². The summed E-state index contributed by atoms with van der Waals surface area (Å²) in [4.78, 5) is 14.8. The molecule has 0 saturated carbocycles. The first kappa shape index (κ1) is 15.5. The number of nitrogens with zero attached hydrogens (tertiary/aromatic N) is 2. The van der Waals surface area contributed by atoms with Gasteiger partial charge in [0.2, 0.25) is 0 Å². The smallest absolute Gasteiger partial charge is 0.254 e. The average Bonchev–Trinajstić information content (AvgIpc) is 3.13. The van der Waals surface area contributed by atoms with E-state index in [-0.39, 0.29) is 11.9 Å². The molecule has 126 valence electrons. The first-order valence-corrected chi connectivity index (χ1v) is 8.51. The monoisotopic (exact) mass is 332 g/mol. The lowest BCUT2D eigenvalue weighted by Crippen LogP contribution is -2.40. The second-order valence-corrected chi connectivity index (χ2v) is 6.24. The number of rotatable bonds is 3. The van der Waals surface area contributed by atoms with Gasteiger partial charge in [0.1, 0.15) is 11.5 Å². The highest BCUT2D eigenvalue weighted by molar-refractivity contribution is 5.94. The quantitative estimate of drug-likeness (QED) is 0.708. The number of para-hydroxylation sites is 1. The van der Waals surface area contributed by atoms with Gasteiger partial charge in [-0.25, -0.2) is 0 Å². The van der Waals surface area contributed by atoms with Crippen molar-refractivity contribution < 1.29 is 9.53 Å². The summed E-state index contributed by atoms with van der Waals surface area (Å²) >= 11 is 0. The maximum absolute atomic E-state index is 12.9. The summed E-state index contributed by atoms with van der Waals surface area (Å²) in [5.41, 5.74) is 1.87. The molecular formula is C21H20N2O2. The maximum atomic E-state index is 12.9. The minimum absolute atomic E-state index is 0.0613. The molecular weight excluding hydrogens is 312 g/mol. The number of fused-ring (bicyclic) bond motifs is 1. The number of benzene rings is 2. The Labute approximate surface area is 147 Å². The standard InChI is InChI=1S/C21H20N2O2/c1-16-20-8-5-13-22(20)14-15-23(16)21(24)17-9-11-19(12-10-17)25-18-6-3-2-4-7-18/h2-13,16H,14-15H2,1H3/t16-/m0/s1. The molecule has 1 aromatic heterocycles. The molecule has 0 spiro atoms. The molecule has 1 amide bonds. The summed E-state index contributed by atoms with van der Waals surface area (Å²) < 4.78 is 8.00. The van der Waals surface area contributed by atoms with E-state index in [2.05, 4.69) is 23.8 Å². The number of hydrogen-bond donors (Lipinski definition) is 0. The molecule has 1 aliphatic heterocycles. The van der Waals surface area contributed by atoms with E-state index in [1.165, 1.54) is 5.69 Å². The maximum Gasteiger partial charge on any atom is 0.254 e. The predicted molar refractivity (Wildman–Crippen MR) is 96.8 cm³/mol. The number of hydrogen-bond acceptors (Lipinski definition) is 2. The SMILES string of the molecule is C[C@H]1c2cccn2CCN1C(=O)c1ccc(Oc2ccccc2)cc1. The molecule has 2 aromatic carbocycles. The van der Waals surface area contributed by atoms with Gasteiger partial charge in [-0.1, -0.05) is 18.2 Å². The molecule has 0 saturated heterocycles. The van der Waals surface area contributed by atoms with E-state index >= 15 is 0 Å². The third-order valence-corrected chi connectivity index (χ3v) is 4.68. The molecule has 0 bridgehead atoms. The number of ether oxygens (including phenoxy) is 1. The van der Waals surface area contributed by atoms with Crippen LogP contribution in [-0.4, -0.2) is 21.9 Å². The van der Waals surface area contributed by atoms with Crippen molar-refractivity contribution in [1.82, 2.24) is 9.47 Å². The summed E-state index contributed by atoms with van der Waals surface area (Å²) in [6, 6.07) is 21.2. The minimum atomic E-state index is 0.0613. The minimum Gasteiger partial charge on any atom is -0.457 e. The fourth-order valence-corrected chi connectivity index (χ4v) is 3.31. The van der Waals surface area contributed by atoms with Crippen molar-refractivity contribution in [3.05, 3.63) is 84.2 Å². The molecule has 0 unspecified atom stereocenters. The Kier molecular flexibility index (Phi) is 4.02. The lowest BCUT2D eigenvalue weighted by atomic mass is 10.1. The number of carbonyl (C=O) groups is 1. The van der Waals surface area contributed by atoms with Gasteiger partial charge in [-0.2, -0.15) is 0 Å². The van der Waals surface area contributed by atoms with Crippen LogP contribution in [0.4, 0.5) is 0 Å². The number of amides is 1. The third kappa shape index (κ3) is 3.03. The van der Waals surface area contributed by atoms with E-state index in [4.69, 9.17) is 4.74 Å². The van der Waals surface area contributed by atoms with Crippen LogP contribution in [0, 0.1) is 0 Å². The van der Waals surface area contributed by atoms with E-state index in [0.29, 0.717) is 5.56 Å². The number of aromatic nitrogens is 1. The molecule has 0 fully saturated rings. The predicted octanol–water partition coefficient (Wildman–Crippen LogP) is 4.50. The lowest BCUT2D eigenvalue weighted by molar-refractivity contribution is 0.0644. The van der Waals surface area contributed by atoms with Gasteiger partial charge in [0.15, 0.2) is 0 Å². The van der Waals surface area contributed by atoms with Crippen LogP contribution in [0.25, 0.3) is 0 Å². The van der Waals surface area contributed by atoms with Crippen molar-refractivity contribution >= 4 is 5.91 Å². The molecule has 1 aliphatic rings. The van der Waals surface area contributed by atoms with Crippen LogP contribution >= 0.6 is 0 Å². The van der Waals surface area contributed by atoms with E-state index in [1.807, 2.05) is 65.6 Å². The van der Waals surface area contributed by atoms with Crippen LogP contribution in [0.3, 0.4) is 0 Å². The van der Waals surface area contributed by atoms with Gasteiger partial charge >= 0.3 is 0 Å². The Morgan fingerprint density at radius 1 is 0.920 bits per heavy atom. The van der Waals surface area contributed by atoms with Crippen LogP contribution in [0.2, 0.25) is 0 Å². The van der Waals surface area contributed by atoms with Crippen LogP contribution in [0.15, 0.2) is 72.9 Å². The van der Waals surface area contributed by atoms with Crippen molar-refractivity contribution in [3.63, 3.8) is 0 Å². The van der Waals surface area contributed by atoms with Gasteiger partial charge in [0.05, 0.1) is 6.04 Å². The fourth-order valence-electron chi connectivity index (χ4n) is 3.31. The Morgan fingerprint density at radius 3 is 2.40 bits per heavy atom. The Bertz CT molecular complexity index is 868. The average molecular weight is 332 g/mol. The van der Waals surface area contributed by atoms with Crippen molar-refractivity contribution in [2.24, 2.45) is 0 Å². The first-order valence-electron chi connectivity index (χ1n) is 8.51. The van der Waals surface area contributed by atoms with Crippen molar-refractivity contribution in [2.75, 3.05) is 6.54 Å². The summed E-state index contributed by atoms with van der Waals surface area (Å²) in [5, 5.41) is 0. The van der Waals surface area contributed by atoms with E-state index in [0.717, 1.165) is 24.6 Å². The lowest BCUT2D eigenvalue weighted by Gasteiger charge is -2.35. The molecule has 3 aromatic rings. The second kappa shape index (κ2) is 6.48. The molecule has 2 heterocycles. The molecule has 4 nitrogen and oxygen atoms in total. The third-order valence-electron chi connectivity index (χ3n) is 4.68. The molecule has 4 rings (SSSR count). The van der Waals surface area contributed by atoms with Crippen LogP contribution in [-0.2, 0) is 6.54 Å². The fraction of sp³-hybridized carbons (Fsp3) is 0.190. The zero-order valence-corrected chi connectivity index (χ0v) is 14.1. The Balaban J connectivity index is 1.49. The largest absolute Gasteiger partial charge is 0.457 e. The highest BCUT2D eigenvalue weighted by Gasteiger charge is 2.27. The first-order chi connectivity index (χ1) is 12.2. The summed E-state index contributed by atoms with van der Waals surface area (Å²) in [6.45, 7) is 3.65. The molecule has 4 heteroatoms. The number of carbonyl (C=O) groups excluding carboxylic acids is 1. The van der Waals surface area contributed by atoms with Crippen molar-refractivity contribution in [3.8, 4) is 11.5 Å². The Morgan fingerprint density at radius 2 is 1.64 bits per heavy atom. The molecule has 25 heavy (non-hydrogen) atoms. The van der Waals surface area contributed by atoms with E-state index in [1.54, 1.807) is 0 Å². The zero-order valence-electron chi connectivity index (χ0n) is 14.1. The van der Waals surface area contributed by atoms with Crippen molar-refractivity contribution in [2.45, 2.75) is 19.5 Å². The molecule has 0 aliphatic carbocycles. The second-order valence-electron chi connectivity index (χ2n) is 6.24. The summed E-state index contributed by atoms with van der Waals surface area (Å²) in [6.07, 6.45) is 2.07. The molecule has 0 N–H and O–H groups in total. The topological polar surface area (TPSA) is 34.5 Å². The highest BCUT2D eigenvalue weighted by Crippen LogP contribution is 2.28. The zero-order chi connectivity index (χ0) is 17.2. The highest BCUT2D eigenvalue weighted by atomic mass is 16.5. The van der Waals surface area contributed by atoms with Gasteiger partial charge in [-0.15, -0.1) is 0 Å². The summed E-state index contributed by atoms with van der Waals surface area (Å²) in [5.74, 6) is 1.57. The van der Waals surface area contributed by atoms with Gasteiger partial charge < -0.3 is 14.2 Å². The van der Waals surface area contributed by atoms with E-state index < -0.39 is 0 Å². The van der Waals surface area contributed by atoms with E-state index in [9.17, 15) is 4.79 Å². The van der Waals surface area contributed by atoms with Crippen LogP contribution in [0.5, 0.6) is 11.5 Å². The van der Waals surface area contributed by atoms with Gasteiger partial charge in [-0.3, -0.25) is 4.79 Å². The van der Waals surface area contributed by atoms with Gasteiger partial charge in [0, 0.05) is 30.5 Å². The molecule has 1 atom stereocenters. The summed E-state index contributed by atoms with van der Waals surface area (Å²) in [7, 11) is 0. The Hall–Kier alpha value is -3.01. The van der Waals surface area contributed by atoms with Crippen LogP contribution < -0.4 is 4.74 Å². The normalized spacial score (nSPS) is 16.4. The molecule has 0 radical (unpaired) electrons.